The van der Waals surface area contributed by atoms with E-state index in [9.17, 15) is 18.4 Å². The quantitative estimate of drug-likeness (QED) is 0.299. The number of nitrogens with zero attached hydrogens (tertiary/aromatic N) is 3. The summed E-state index contributed by atoms with van der Waals surface area (Å²) in [5.74, 6) is -0.252. The summed E-state index contributed by atoms with van der Waals surface area (Å²) in [5.41, 5.74) is 3.90. The van der Waals surface area contributed by atoms with Gasteiger partial charge in [-0.1, -0.05) is 13.8 Å². The normalized spacial score (nSPS) is 15.4. The van der Waals surface area contributed by atoms with Crippen molar-refractivity contribution in [3.05, 3.63) is 83.9 Å². The second-order valence-electron chi connectivity index (χ2n) is 10.8. The molecule has 0 aliphatic carbocycles. The van der Waals surface area contributed by atoms with Crippen molar-refractivity contribution >= 4 is 22.8 Å². The summed E-state index contributed by atoms with van der Waals surface area (Å²) >= 11 is 0. The molecule has 6 nitrogen and oxygen atoms in total. The zero-order valence-electron chi connectivity index (χ0n) is 22.7. The van der Waals surface area contributed by atoms with Gasteiger partial charge in [0, 0.05) is 42.7 Å². The number of piperidine rings is 1. The summed E-state index contributed by atoms with van der Waals surface area (Å²) in [7, 11) is 0. The lowest BCUT2D eigenvalue weighted by Gasteiger charge is -2.33. The molecule has 0 unspecified atom stereocenters. The average molecular weight is 543 g/mol. The van der Waals surface area contributed by atoms with Gasteiger partial charge in [-0.25, -0.2) is 18.7 Å². The second-order valence-corrected chi connectivity index (χ2v) is 10.8. The highest BCUT2D eigenvalue weighted by Crippen LogP contribution is 2.31. The van der Waals surface area contributed by atoms with E-state index < -0.39 is 0 Å². The van der Waals surface area contributed by atoms with Crippen molar-refractivity contribution in [2.24, 2.45) is 11.8 Å². The molecular weight excluding hydrogens is 510 g/mol. The van der Waals surface area contributed by atoms with Crippen LogP contribution in [0.4, 0.5) is 8.78 Å². The topological polar surface area (TPSA) is 75.2 Å². The summed E-state index contributed by atoms with van der Waals surface area (Å²) in [6.07, 6.45) is 2.43. The lowest BCUT2D eigenvalue weighted by molar-refractivity contribution is -0.133. The molecule has 0 bridgehead atoms. The van der Waals surface area contributed by atoms with Crippen molar-refractivity contribution in [2.45, 2.75) is 33.1 Å². The Labute approximate surface area is 232 Å². The van der Waals surface area contributed by atoms with Crippen molar-refractivity contribution in [1.29, 1.82) is 0 Å². The van der Waals surface area contributed by atoms with Gasteiger partial charge in [0.25, 0.3) is 5.91 Å². The van der Waals surface area contributed by atoms with Crippen LogP contribution in [0.5, 0.6) is 0 Å². The molecule has 1 aliphatic heterocycles. The molecule has 1 N–H and O–H groups in total. The van der Waals surface area contributed by atoms with Gasteiger partial charge in [0.2, 0.25) is 5.91 Å². The zero-order valence-corrected chi connectivity index (χ0v) is 22.7. The number of hydrogen-bond donors (Lipinski definition) is 1. The van der Waals surface area contributed by atoms with Gasteiger partial charge in [-0.3, -0.25) is 9.59 Å². The number of likely N-dealkylation sites (tertiary alicyclic amines) is 1. The van der Waals surface area contributed by atoms with Crippen molar-refractivity contribution in [1.82, 2.24) is 20.2 Å². The predicted octanol–water partition coefficient (Wildman–Crippen LogP) is 6.26. The first-order valence-electron chi connectivity index (χ1n) is 13.7. The molecule has 8 heteroatoms. The minimum absolute atomic E-state index is 0.177. The van der Waals surface area contributed by atoms with E-state index in [-0.39, 0.29) is 29.4 Å². The zero-order chi connectivity index (χ0) is 28.2. The van der Waals surface area contributed by atoms with E-state index in [1.54, 1.807) is 42.5 Å². The third-order valence-electron chi connectivity index (χ3n) is 7.17. The van der Waals surface area contributed by atoms with E-state index in [1.165, 1.54) is 24.3 Å². The summed E-state index contributed by atoms with van der Waals surface area (Å²) in [6, 6.07) is 17.0. The third-order valence-corrected chi connectivity index (χ3v) is 7.17. The van der Waals surface area contributed by atoms with Crippen molar-refractivity contribution < 1.29 is 18.4 Å². The van der Waals surface area contributed by atoms with Gasteiger partial charge < -0.3 is 10.2 Å². The number of carbonyl (C=O) groups is 2. The lowest BCUT2D eigenvalue weighted by atomic mass is 9.97. The SMILES string of the molecule is CC(C)CC(=O)N1CCC[C@H](CNC(=O)c2ccc3nc(-c4ccc(F)cc4)c(-c4ccc(F)cc4)nc3c2)C1. The standard InChI is InChI=1S/C32H32F2N4O2/c1-20(2)16-29(39)38-15-3-4-21(19-38)18-35-32(40)24-9-14-27-28(17-24)37-31(23-7-12-26(34)13-8-23)30(36-27)22-5-10-25(33)11-6-22/h5-14,17,20-21H,3-4,15-16,18-19H2,1-2H3,(H,35,40)/t21-/m1/s1. The second kappa shape index (κ2) is 11.9. The molecule has 4 aromatic rings. The van der Waals surface area contributed by atoms with E-state index in [1.807, 2.05) is 18.7 Å². The van der Waals surface area contributed by atoms with E-state index in [0.717, 1.165) is 19.4 Å². The number of amides is 2. The number of fused-ring (bicyclic) bond motifs is 1. The molecule has 0 saturated carbocycles. The van der Waals surface area contributed by atoms with Gasteiger partial charge in [0.1, 0.15) is 11.6 Å². The first kappa shape index (κ1) is 27.4. The Kier molecular flexibility index (Phi) is 8.14. The van der Waals surface area contributed by atoms with Crippen molar-refractivity contribution in [3.63, 3.8) is 0 Å². The molecule has 1 aromatic heterocycles. The molecule has 2 amide bonds. The van der Waals surface area contributed by atoms with Gasteiger partial charge in [-0.05, 0) is 91.4 Å². The molecule has 1 fully saturated rings. The van der Waals surface area contributed by atoms with Gasteiger partial charge in [0.15, 0.2) is 0 Å². The molecule has 1 aliphatic rings. The molecule has 5 rings (SSSR count). The Morgan fingerprint density at radius 1 is 0.900 bits per heavy atom. The van der Waals surface area contributed by atoms with E-state index in [4.69, 9.17) is 9.97 Å². The Bertz CT molecular complexity index is 1520. The Morgan fingerprint density at radius 2 is 1.50 bits per heavy atom. The van der Waals surface area contributed by atoms with Crippen LogP contribution in [-0.4, -0.2) is 46.3 Å². The fourth-order valence-corrected chi connectivity index (χ4v) is 5.09. The Morgan fingerprint density at radius 3 is 2.10 bits per heavy atom. The minimum atomic E-state index is -0.370. The number of halogens is 2. The summed E-state index contributed by atoms with van der Waals surface area (Å²) in [4.78, 5) is 37.1. The highest BCUT2D eigenvalue weighted by atomic mass is 19.1. The highest BCUT2D eigenvalue weighted by Gasteiger charge is 2.24. The van der Waals surface area contributed by atoms with Crippen LogP contribution in [0.2, 0.25) is 0 Å². The molecule has 206 valence electrons. The Balaban J connectivity index is 1.38. The van der Waals surface area contributed by atoms with Crippen LogP contribution in [0.1, 0.15) is 43.5 Å². The van der Waals surface area contributed by atoms with Crippen LogP contribution in [0.25, 0.3) is 33.5 Å². The first-order valence-corrected chi connectivity index (χ1v) is 13.7. The van der Waals surface area contributed by atoms with Crippen LogP contribution in [0.15, 0.2) is 66.7 Å². The minimum Gasteiger partial charge on any atom is -0.352 e. The number of benzene rings is 3. The summed E-state index contributed by atoms with van der Waals surface area (Å²) in [6.45, 7) is 6.00. The predicted molar refractivity (Wildman–Crippen MR) is 151 cm³/mol. The van der Waals surface area contributed by atoms with Crippen molar-refractivity contribution in [3.8, 4) is 22.5 Å². The van der Waals surface area contributed by atoms with Crippen LogP contribution < -0.4 is 5.32 Å². The fourth-order valence-electron chi connectivity index (χ4n) is 5.09. The molecule has 0 radical (unpaired) electrons. The highest BCUT2D eigenvalue weighted by molar-refractivity contribution is 5.98. The average Bonchev–Trinajstić information content (AvgIpc) is 2.95. The van der Waals surface area contributed by atoms with E-state index in [0.29, 0.717) is 64.5 Å². The molecule has 1 atom stereocenters. The maximum atomic E-state index is 13.6. The number of hydrogen-bond acceptors (Lipinski definition) is 4. The fraction of sp³-hybridized carbons (Fsp3) is 0.312. The number of aromatic nitrogens is 2. The van der Waals surface area contributed by atoms with Crippen LogP contribution >= 0.6 is 0 Å². The summed E-state index contributed by atoms with van der Waals surface area (Å²) < 4.78 is 27.2. The molecule has 3 aromatic carbocycles. The van der Waals surface area contributed by atoms with Gasteiger partial charge in [-0.15, -0.1) is 0 Å². The smallest absolute Gasteiger partial charge is 0.251 e. The maximum absolute atomic E-state index is 13.6. The molecular formula is C32H32F2N4O2. The van der Waals surface area contributed by atoms with E-state index >= 15 is 0 Å². The van der Waals surface area contributed by atoms with Gasteiger partial charge in [0.05, 0.1) is 22.4 Å². The Hall–Kier alpha value is -4.20. The molecule has 0 spiro atoms. The monoisotopic (exact) mass is 542 g/mol. The summed E-state index contributed by atoms with van der Waals surface area (Å²) in [5, 5.41) is 3.03. The lowest BCUT2D eigenvalue weighted by Crippen LogP contribution is -2.44. The molecule has 40 heavy (non-hydrogen) atoms. The molecule has 1 saturated heterocycles. The van der Waals surface area contributed by atoms with Crippen LogP contribution in [-0.2, 0) is 4.79 Å². The van der Waals surface area contributed by atoms with Crippen molar-refractivity contribution in [2.75, 3.05) is 19.6 Å². The number of nitrogens with one attached hydrogen (secondary N) is 1. The van der Waals surface area contributed by atoms with E-state index in [2.05, 4.69) is 5.32 Å². The largest absolute Gasteiger partial charge is 0.352 e. The number of rotatable bonds is 7. The first-order chi connectivity index (χ1) is 19.3. The van der Waals surface area contributed by atoms with Gasteiger partial charge >= 0.3 is 0 Å². The van der Waals surface area contributed by atoms with Crippen LogP contribution in [0, 0.1) is 23.5 Å². The molecule has 2 heterocycles. The third kappa shape index (κ3) is 6.33. The number of carbonyl (C=O) groups excluding carboxylic acids is 2. The maximum Gasteiger partial charge on any atom is 0.251 e. The van der Waals surface area contributed by atoms with Gasteiger partial charge in [-0.2, -0.15) is 0 Å². The van der Waals surface area contributed by atoms with Crippen LogP contribution in [0.3, 0.4) is 0 Å².